The Kier molecular flexibility index (Phi) is 4.07. The number of hydrogen-bond acceptors (Lipinski definition) is 3. The third-order valence-electron chi connectivity index (χ3n) is 2.47. The number of aromatic nitrogens is 3. The van der Waals surface area contributed by atoms with E-state index in [0.717, 1.165) is 30.9 Å². The summed E-state index contributed by atoms with van der Waals surface area (Å²) >= 11 is 0. The van der Waals surface area contributed by atoms with Crippen molar-refractivity contribution in [2.45, 2.75) is 46.1 Å². The molecular weight excluding hydrogens is 176 g/mol. The molecule has 0 aliphatic rings. The van der Waals surface area contributed by atoms with Crippen molar-refractivity contribution in [1.29, 1.82) is 0 Å². The minimum atomic E-state index is 0.303. The van der Waals surface area contributed by atoms with Crippen LogP contribution in [0.3, 0.4) is 0 Å². The Labute approximate surface area is 85.5 Å². The molecule has 0 spiro atoms. The molecular formula is C10H20N4. The summed E-state index contributed by atoms with van der Waals surface area (Å²) in [5.41, 5.74) is 5.70. The van der Waals surface area contributed by atoms with Gasteiger partial charge in [0.1, 0.15) is 5.82 Å². The van der Waals surface area contributed by atoms with Gasteiger partial charge in [0, 0.05) is 19.4 Å². The summed E-state index contributed by atoms with van der Waals surface area (Å²) in [5.74, 6) is 1.98. The van der Waals surface area contributed by atoms with Gasteiger partial charge in [0.15, 0.2) is 5.82 Å². The van der Waals surface area contributed by atoms with E-state index in [4.69, 9.17) is 5.73 Å². The molecule has 0 aromatic carbocycles. The minimum Gasteiger partial charge on any atom is -0.328 e. The number of rotatable bonds is 5. The molecule has 1 heterocycles. The summed E-state index contributed by atoms with van der Waals surface area (Å²) in [5, 5.41) is 4.47. The van der Waals surface area contributed by atoms with Crippen molar-refractivity contribution < 1.29 is 0 Å². The molecule has 0 saturated carbocycles. The first-order chi connectivity index (χ1) is 6.76. The van der Waals surface area contributed by atoms with Crippen molar-refractivity contribution in [3.8, 4) is 0 Å². The lowest BCUT2D eigenvalue weighted by Crippen LogP contribution is -2.21. The van der Waals surface area contributed by atoms with E-state index >= 15 is 0 Å². The minimum absolute atomic E-state index is 0.303. The lowest BCUT2D eigenvalue weighted by atomic mass is 10.2. The summed E-state index contributed by atoms with van der Waals surface area (Å²) in [6, 6.07) is 0.303. The monoisotopic (exact) mass is 196 g/mol. The lowest BCUT2D eigenvalue weighted by Gasteiger charge is -2.14. The van der Waals surface area contributed by atoms with Gasteiger partial charge in [0.2, 0.25) is 0 Å². The average molecular weight is 196 g/mol. The van der Waals surface area contributed by atoms with Crippen molar-refractivity contribution in [2.75, 3.05) is 6.54 Å². The molecule has 0 saturated heterocycles. The summed E-state index contributed by atoms with van der Waals surface area (Å²) in [4.78, 5) is 4.46. The van der Waals surface area contributed by atoms with Crippen molar-refractivity contribution in [2.24, 2.45) is 5.73 Å². The van der Waals surface area contributed by atoms with Gasteiger partial charge in [-0.25, -0.2) is 9.67 Å². The Bertz CT molecular complexity index is 276. The summed E-state index contributed by atoms with van der Waals surface area (Å²) in [7, 11) is 0. The van der Waals surface area contributed by atoms with E-state index in [1.807, 2.05) is 4.68 Å². The van der Waals surface area contributed by atoms with Crippen molar-refractivity contribution >= 4 is 0 Å². The highest BCUT2D eigenvalue weighted by atomic mass is 15.4. The molecule has 1 rings (SSSR count). The second kappa shape index (κ2) is 5.10. The van der Waals surface area contributed by atoms with Crippen molar-refractivity contribution in [3.63, 3.8) is 0 Å². The molecule has 2 N–H and O–H groups in total. The standard InChI is InChI=1S/C10H20N4/c1-4-8(7-11)14-10(6-3)12-9(5-2)13-14/h8H,4-7,11H2,1-3H3. The quantitative estimate of drug-likeness (QED) is 0.772. The number of nitrogens with two attached hydrogens (primary N) is 1. The zero-order valence-electron chi connectivity index (χ0n) is 9.32. The fourth-order valence-corrected chi connectivity index (χ4v) is 1.53. The average Bonchev–Trinajstić information content (AvgIpc) is 2.63. The molecule has 1 unspecified atom stereocenters. The van der Waals surface area contributed by atoms with E-state index in [2.05, 4.69) is 30.9 Å². The maximum Gasteiger partial charge on any atom is 0.150 e. The van der Waals surface area contributed by atoms with E-state index in [0.29, 0.717) is 12.6 Å². The van der Waals surface area contributed by atoms with E-state index in [1.54, 1.807) is 0 Å². The number of nitrogens with zero attached hydrogens (tertiary/aromatic N) is 3. The zero-order chi connectivity index (χ0) is 10.6. The Hall–Kier alpha value is -0.900. The van der Waals surface area contributed by atoms with Crippen LogP contribution in [0.4, 0.5) is 0 Å². The number of aryl methyl sites for hydroxylation is 2. The topological polar surface area (TPSA) is 56.7 Å². The molecule has 0 fully saturated rings. The van der Waals surface area contributed by atoms with Gasteiger partial charge in [-0.2, -0.15) is 5.10 Å². The van der Waals surface area contributed by atoms with Gasteiger partial charge in [-0.1, -0.05) is 20.8 Å². The molecule has 0 bridgehead atoms. The fourth-order valence-electron chi connectivity index (χ4n) is 1.53. The molecule has 4 nitrogen and oxygen atoms in total. The van der Waals surface area contributed by atoms with Gasteiger partial charge >= 0.3 is 0 Å². The van der Waals surface area contributed by atoms with E-state index < -0.39 is 0 Å². The molecule has 0 radical (unpaired) electrons. The van der Waals surface area contributed by atoms with Gasteiger partial charge < -0.3 is 5.73 Å². The molecule has 0 amide bonds. The molecule has 80 valence electrons. The van der Waals surface area contributed by atoms with Gasteiger partial charge in [0.05, 0.1) is 6.04 Å². The van der Waals surface area contributed by atoms with Crippen LogP contribution in [0, 0.1) is 0 Å². The Morgan fingerprint density at radius 3 is 2.43 bits per heavy atom. The second-order valence-corrected chi connectivity index (χ2v) is 3.39. The van der Waals surface area contributed by atoms with Crippen LogP contribution in [-0.4, -0.2) is 21.3 Å². The van der Waals surface area contributed by atoms with Crippen LogP contribution >= 0.6 is 0 Å². The molecule has 4 heteroatoms. The van der Waals surface area contributed by atoms with Gasteiger partial charge in [0.25, 0.3) is 0 Å². The summed E-state index contributed by atoms with van der Waals surface area (Å²) in [6.07, 6.45) is 2.82. The Morgan fingerprint density at radius 1 is 1.29 bits per heavy atom. The SMILES string of the molecule is CCc1nc(CC)n(C(CC)CN)n1. The first-order valence-corrected chi connectivity index (χ1v) is 5.41. The second-order valence-electron chi connectivity index (χ2n) is 3.39. The molecule has 1 aromatic rings. The highest BCUT2D eigenvalue weighted by Crippen LogP contribution is 2.12. The molecule has 1 atom stereocenters. The van der Waals surface area contributed by atoms with Crippen LogP contribution in [0.5, 0.6) is 0 Å². The van der Waals surface area contributed by atoms with Crippen LogP contribution in [0.2, 0.25) is 0 Å². The van der Waals surface area contributed by atoms with Crippen LogP contribution in [0.25, 0.3) is 0 Å². The van der Waals surface area contributed by atoms with E-state index in [-0.39, 0.29) is 0 Å². The first kappa shape index (κ1) is 11.2. The maximum atomic E-state index is 5.70. The molecule has 14 heavy (non-hydrogen) atoms. The van der Waals surface area contributed by atoms with Crippen LogP contribution in [0.1, 0.15) is 44.9 Å². The maximum absolute atomic E-state index is 5.70. The fraction of sp³-hybridized carbons (Fsp3) is 0.800. The summed E-state index contributed by atoms with van der Waals surface area (Å²) < 4.78 is 2.00. The van der Waals surface area contributed by atoms with Gasteiger partial charge in [-0.3, -0.25) is 0 Å². The smallest absolute Gasteiger partial charge is 0.150 e. The van der Waals surface area contributed by atoms with E-state index in [1.165, 1.54) is 0 Å². The first-order valence-electron chi connectivity index (χ1n) is 5.41. The van der Waals surface area contributed by atoms with E-state index in [9.17, 15) is 0 Å². The van der Waals surface area contributed by atoms with Crippen LogP contribution in [0.15, 0.2) is 0 Å². The summed E-state index contributed by atoms with van der Waals surface area (Å²) in [6.45, 7) is 6.94. The van der Waals surface area contributed by atoms with Crippen molar-refractivity contribution in [3.05, 3.63) is 11.6 Å². The highest BCUT2D eigenvalue weighted by Gasteiger charge is 2.13. The Balaban J connectivity index is 2.98. The third kappa shape index (κ3) is 2.12. The molecule has 0 aliphatic carbocycles. The Morgan fingerprint density at radius 2 is 2.00 bits per heavy atom. The van der Waals surface area contributed by atoms with Gasteiger partial charge in [-0.15, -0.1) is 0 Å². The normalized spacial score (nSPS) is 13.1. The predicted octanol–water partition coefficient (Wildman–Crippen LogP) is 1.31. The van der Waals surface area contributed by atoms with Crippen LogP contribution < -0.4 is 5.73 Å². The third-order valence-corrected chi connectivity index (χ3v) is 2.47. The van der Waals surface area contributed by atoms with Crippen LogP contribution in [-0.2, 0) is 12.8 Å². The lowest BCUT2D eigenvalue weighted by molar-refractivity contribution is 0.431. The van der Waals surface area contributed by atoms with Crippen molar-refractivity contribution in [1.82, 2.24) is 14.8 Å². The number of hydrogen-bond donors (Lipinski definition) is 1. The molecule has 0 aliphatic heterocycles. The molecule has 1 aromatic heterocycles. The van der Waals surface area contributed by atoms with Gasteiger partial charge in [-0.05, 0) is 6.42 Å². The largest absolute Gasteiger partial charge is 0.328 e. The highest BCUT2D eigenvalue weighted by molar-refractivity contribution is 4.94. The zero-order valence-corrected chi connectivity index (χ0v) is 9.32. The predicted molar refractivity (Wildman–Crippen MR) is 57.2 cm³/mol.